The van der Waals surface area contributed by atoms with Crippen molar-refractivity contribution in [3.63, 3.8) is 0 Å². The van der Waals surface area contributed by atoms with Crippen LogP contribution in [-0.4, -0.2) is 35.0 Å². The molecule has 0 spiro atoms. The molecule has 0 saturated carbocycles. The average molecular weight is 426 g/mol. The zero-order chi connectivity index (χ0) is 22.3. The Morgan fingerprint density at radius 2 is 1.34 bits per heavy atom. The minimum Gasteiger partial charge on any atom is -0.478 e. The van der Waals surface area contributed by atoms with Gasteiger partial charge in [0.15, 0.2) is 0 Å². The number of rotatable bonds is 6. The quantitative estimate of drug-likeness (QED) is 0.558. The summed E-state index contributed by atoms with van der Waals surface area (Å²) in [6, 6.07) is 27.4. The molecule has 4 rings (SSSR count). The summed E-state index contributed by atoms with van der Waals surface area (Å²) in [6.07, 6.45) is 4.26. The summed E-state index contributed by atoms with van der Waals surface area (Å²) < 4.78 is 0. The van der Waals surface area contributed by atoms with Gasteiger partial charge in [-0.1, -0.05) is 84.4 Å². The molecule has 32 heavy (non-hydrogen) atoms. The molecule has 0 aliphatic carbocycles. The van der Waals surface area contributed by atoms with Crippen molar-refractivity contribution in [3.8, 4) is 0 Å². The maximum absolute atomic E-state index is 13.2. The number of aromatic carboxylic acids is 1. The molecule has 1 amide bonds. The lowest BCUT2D eigenvalue weighted by Crippen LogP contribution is -2.37. The van der Waals surface area contributed by atoms with Crippen LogP contribution in [0.3, 0.4) is 0 Å². The number of hydrogen-bond donors (Lipinski definition) is 1. The van der Waals surface area contributed by atoms with Crippen molar-refractivity contribution in [2.45, 2.75) is 25.2 Å². The predicted octanol–water partition coefficient (Wildman–Crippen LogP) is 5.61. The second kappa shape index (κ2) is 10.1. The fraction of sp³-hybridized carbons (Fsp3) is 0.214. The molecule has 1 fully saturated rings. The summed E-state index contributed by atoms with van der Waals surface area (Å²) in [5.74, 6) is -0.678. The Morgan fingerprint density at radius 3 is 1.84 bits per heavy atom. The highest BCUT2D eigenvalue weighted by molar-refractivity contribution is 5.87. The molecule has 1 aliphatic heterocycles. The van der Waals surface area contributed by atoms with Gasteiger partial charge in [-0.3, -0.25) is 4.79 Å². The first-order valence-corrected chi connectivity index (χ1v) is 11.0. The fourth-order valence-corrected chi connectivity index (χ4v) is 4.25. The lowest BCUT2D eigenvalue weighted by molar-refractivity contribution is -0.131. The second-order valence-corrected chi connectivity index (χ2v) is 8.19. The molecule has 0 atom stereocenters. The van der Waals surface area contributed by atoms with E-state index in [-0.39, 0.29) is 11.8 Å². The molecule has 4 heteroatoms. The number of piperidine rings is 1. The van der Waals surface area contributed by atoms with Crippen LogP contribution in [0.4, 0.5) is 0 Å². The van der Waals surface area contributed by atoms with Crippen LogP contribution in [0.1, 0.15) is 52.2 Å². The first kappa shape index (κ1) is 21.6. The molecule has 1 saturated heterocycles. The number of likely N-dealkylation sites (tertiary alicyclic amines) is 1. The number of carboxylic acid groups (broad SMARTS) is 1. The van der Waals surface area contributed by atoms with Crippen molar-refractivity contribution < 1.29 is 14.7 Å². The van der Waals surface area contributed by atoms with Gasteiger partial charge in [-0.05, 0) is 41.7 Å². The van der Waals surface area contributed by atoms with Crippen LogP contribution in [-0.2, 0) is 4.79 Å². The molecule has 1 aliphatic rings. The molecule has 0 aromatic heterocycles. The Balaban J connectivity index is 1.40. The maximum atomic E-state index is 13.2. The third-order valence-corrected chi connectivity index (χ3v) is 6.07. The van der Waals surface area contributed by atoms with Crippen molar-refractivity contribution >= 4 is 18.0 Å². The monoisotopic (exact) mass is 425 g/mol. The van der Waals surface area contributed by atoms with E-state index < -0.39 is 5.97 Å². The third-order valence-electron chi connectivity index (χ3n) is 6.07. The summed E-state index contributed by atoms with van der Waals surface area (Å²) >= 11 is 0. The Bertz CT molecular complexity index is 1040. The minimum absolute atomic E-state index is 0.0505. The van der Waals surface area contributed by atoms with E-state index >= 15 is 0 Å². The summed E-state index contributed by atoms with van der Waals surface area (Å²) in [5, 5.41) is 9.03. The van der Waals surface area contributed by atoms with E-state index in [1.807, 2.05) is 53.4 Å². The van der Waals surface area contributed by atoms with Crippen molar-refractivity contribution in [2.24, 2.45) is 0 Å². The van der Waals surface area contributed by atoms with E-state index in [9.17, 15) is 9.59 Å². The van der Waals surface area contributed by atoms with Gasteiger partial charge in [0.1, 0.15) is 0 Å². The van der Waals surface area contributed by atoms with Gasteiger partial charge in [0.2, 0.25) is 5.91 Å². The van der Waals surface area contributed by atoms with Gasteiger partial charge in [-0.15, -0.1) is 0 Å². The van der Waals surface area contributed by atoms with E-state index in [1.54, 1.807) is 12.1 Å². The standard InChI is InChI=1S/C28H27NO3/c30-27(20-26(23-7-3-1-4-8-23)24-9-5-2-6-10-24)29-17-15-22(16-18-29)19-21-11-13-25(14-12-21)28(31)32/h1-14,19,26H,15-18,20H2,(H,31,32). The predicted molar refractivity (Wildman–Crippen MR) is 127 cm³/mol. The van der Waals surface area contributed by atoms with Crippen molar-refractivity contribution in [1.82, 2.24) is 4.90 Å². The van der Waals surface area contributed by atoms with Crippen LogP contribution in [0.5, 0.6) is 0 Å². The molecule has 0 unspecified atom stereocenters. The molecule has 162 valence electrons. The van der Waals surface area contributed by atoms with E-state index in [0.29, 0.717) is 25.1 Å². The molecule has 1 N–H and O–H groups in total. The molecule has 3 aromatic carbocycles. The summed E-state index contributed by atoms with van der Waals surface area (Å²) in [4.78, 5) is 26.2. The molecule has 4 nitrogen and oxygen atoms in total. The second-order valence-electron chi connectivity index (χ2n) is 8.19. The number of amides is 1. The highest BCUT2D eigenvalue weighted by Gasteiger charge is 2.24. The normalized spacial score (nSPS) is 13.8. The smallest absolute Gasteiger partial charge is 0.335 e. The minimum atomic E-state index is -0.916. The zero-order valence-corrected chi connectivity index (χ0v) is 18.0. The van der Waals surface area contributed by atoms with Gasteiger partial charge in [0, 0.05) is 25.4 Å². The molecule has 3 aromatic rings. The van der Waals surface area contributed by atoms with Gasteiger partial charge < -0.3 is 10.0 Å². The Hall–Kier alpha value is -3.66. The van der Waals surface area contributed by atoms with Crippen LogP contribution in [0.15, 0.2) is 90.5 Å². The van der Waals surface area contributed by atoms with Gasteiger partial charge >= 0.3 is 5.97 Å². The van der Waals surface area contributed by atoms with Crippen molar-refractivity contribution in [3.05, 3.63) is 113 Å². The molecular weight excluding hydrogens is 398 g/mol. The van der Waals surface area contributed by atoms with E-state index in [1.165, 1.54) is 5.57 Å². The van der Waals surface area contributed by atoms with Gasteiger partial charge in [0.05, 0.1) is 5.56 Å². The van der Waals surface area contributed by atoms with Crippen LogP contribution in [0, 0.1) is 0 Å². The highest BCUT2D eigenvalue weighted by Crippen LogP contribution is 2.29. The zero-order valence-electron chi connectivity index (χ0n) is 18.0. The molecular formula is C28H27NO3. The Labute approximate surface area is 188 Å². The molecule has 1 heterocycles. The first-order chi connectivity index (χ1) is 15.6. The average Bonchev–Trinajstić information content (AvgIpc) is 2.84. The number of carboxylic acids is 1. The molecule has 0 radical (unpaired) electrons. The molecule has 0 bridgehead atoms. The van der Waals surface area contributed by atoms with E-state index in [0.717, 1.165) is 29.5 Å². The van der Waals surface area contributed by atoms with Crippen molar-refractivity contribution in [1.29, 1.82) is 0 Å². The summed E-state index contributed by atoms with van der Waals surface area (Å²) in [7, 11) is 0. The van der Waals surface area contributed by atoms with Crippen LogP contribution in [0.2, 0.25) is 0 Å². The first-order valence-electron chi connectivity index (χ1n) is 11.0. The number of carbonyl (C=O) groups excluding carboxylic acids is 1. The lowest BCUT2D eigenvalue weighted by atomic mass is 9.88. The van der Waals surface area contributed by atoms with Crippen LogP contribution >= 0.6 is 0 Å². The Morgan fingerprint density at radius 1 is 0.812 bits per heavy atom. The van der Waals surface area contributed by atoms with E-state index in [4.69, 9.17) is 5.11 Å². The summed E-state index contributed by atoms with van der Waals surface area (Å²) in [5.41, 5.74) is 4.90. The van der Waals surface area contributed by atoms with Gasteiger partial charge in [-0.2, -0.15) is 0 Å². The third kappa shape index (κ3) is 5.33. The number of nitrogens with zero attached hydrogens (tertiary/aromatic N) is 1. The van der Waals surface area contributed by atoms with Crippen LogP contribution < -0.4 is 0 Å². The van der Waals surface area contributed by atoms with Gasteiger partial charge in [-0.25, -0.2) is 4.79 Å². The SMILES string of the molecule is O=C(O)c1ccc(C=C2CCN(C(=O)CC(c3ccccc3)c3ccccc3)CC2)cc1. The summed E-state index contributed by atoms with van der Waals surface area (Å²) in [6.45, 7) is 1.43. The van der Waals surface area contributed by atoms with Gasteiger partial charge in [0.25, 0.3) is 0 Å². The lowest BCUT2D eigenvalue weighted by Gasteiger charge is -2.30. The number of benzene rings is 3. The van der Waals surface area contributed by atoms with Crippen LogP contribution in [0.25, 0.3) is 6.08 Å². The maximum Gasteiger partial charge on any atom is 0.335 e. The van der Waals surface area contributed by atoms with E-state index in [2.05, 4.69) is 30.3 Å². The largest absolute Gasteiger partial charge is 0.478 e. The Kier molecular flexibility index (Phi) is 6.81. The topological polar surface area (TPSA) is 57.6 Å². The number of carbonyl (C=O) groups is 2. The fourth-order valence-electron chi connectivity index (χ4n) is 4.25. The number of hydrogen-bond acceptors (Lipinski definition) is 2. The van der Waals surface area contributed by atoms with Crippen molar-refractivity contribution in [2.75, 3.05) is 13.1 Å². The highest BCUT2D eigenvalue weighted by atomic mass is 16.4.